The van der Waals surface area contributed by atoms with Crippen LogP contribution in [0.1, 0.15) is 91.9 Å². The van der Waals surface area contributed by atoms with Gasteiger partial charge in [-0.1, -0.05) is 20.8 Å². The highest BCUT2D eigenvalue weighted by Gasteiger charge is 2.64. The summed E-state index contributed by atoms with van der Waals surface area (Å²) in [4.78, 5) is 11.4. The highest BCUT2D eigenvalue weighted by Crippen LogP contribution is 2.68. The maximum atomic E-state index is 11.4. The summed E-state index contributed by atoms with van der Waals surface area (Å²) in [6.45, 7) is 8.66. The number of hydrogen-bond acceptors (Lipinski definition) is 3. The summed E-state index contributed by atoms with van der Waals surface area (Å²) in [5.74, 6) is 2.89. The van der Waals surface area contributed by atoms with Crippen molar-refractivity contribution in [2.75, 3.05) is 0 Å². The molecule has 0 heterocycles. The zero-order chi connectivity index (χ0) is 18.7. The second-order valence-electron chi connectivity index (χ2n) is 10.5. The molecular weight excluding hydrogens is 324 g/mol. The van der Waals surface area contributed by atoms with Gasteiger partial charge in [0.25, 0.3) is 0 Å². The van der Waals surface area contributed by atoms with Crippen LogP contribution in [-0.2, 0) is 9.53 Å². The van der Waals surface area contributed by atoms with Gasteiger partial charge in [-0.2, -0.15) is 0 Å². The van der Waals surface area contributed by atoms with Crippen molar-refractivity contribution >= 4 is 5.97 Å². The first kappa shape index (κ1) is 18.8. The molecule has 4 fully saturated rings. The zero-order valence-corrected chi connectivity index (χ0v) is 17.2. The molecule has 0 radical (unpaired) electrons. The minimum atomic E-state index is -0.437. The summed E-state index contributed by atoms with van der Waals surface area (Å²) in [6.07, 6.45) is 11.7. The summed E-state index contributed by atoms with van der Waals surface area (Å²) in [5, 5.41) is 11.3. The minimum Gasteiger partial charge on any atom is -0.463 e. The largest absolute Gasteiger partial charge is 0.463 e. The molecule has 0 saturated heterocycles. The molecule has 0 spiro atoms. The number of fused-ring (bicyclic) bond motifs is 5. The molecule has 4 rings (SSSR count). The molecule has 0 unspecified atom stereocenters. The van der Waals surface area contributed by atoms with E-state index in [0.29, 0.717) is 17.3 Å². The van der Waals surface area contributed by atoms with Crippen LogP contribution in [0.2, 0.25) is 0 Å². The zero-order valence-electron chi connectivity index (χ0n) is 17.2. The number of carbonyl (C=O) groups excluding carboxylic acids is 1. The van der Waals surface area contributed by atoms with E-state index in [-0.39, 0.29) is 17.5 Å². The SMILES string of the molecule is CC[C@]1(O)CC[C@H]2[C@@H]3CC[C@@H]4C[C@@H](OC(C)=O)CC[C@]4(C)[C@H]3CC[C@@]21C. The molecular formula is C23H38O3. The van der Waals surface area contributed by atoms with Crippen molar-refractivity contribution in [3.8, 4) is 0 Å². The smallest absolute Gasteiger partial charge is 0.302 e. The van der Waals surface area contributed by atoms with Crippen LogP contribution in [0.15, 0.2) is 0 Å². The Labute approximate surface area is 159 Å². The average Bonchev–Trinajstić information content (AvgIpc) is 2.87. The van der Waals surface area contributed by atoms with Crippen molar-refractivity contribution in [1.82, 2.24) is 0 Å². The highest BCUT2D eigenvalue weighted by molar-refractivity contribution is 5.66. The molecule has 148 valence electrons. The van der Waals surface area contributed by atoms with E-state index in [1.165, 1.54) is 38.5 Å². The average molecular weight is 363 g/mol. The second-order valence-corrected chi connectivity index (χ2v) is 10.5. The second kappa shape index (κ2) is 6.22. The third-order valence-corrected chi connectivity index (χ3v) is 9.86. The Morgan fingerprint density at radius 3 is 2.46 bits per heavy atom. The van der Waals surface area contributed by atoms with Crippen LogP contribution < -0.4 is 0 Å². The molecule has 0 bridgehead atoms. The predicted molar refractivity (Wildman–Crippen MR) is 103 cm³/mol. The van der Waals surface area contributed by atoms with Gasteiger partial charge in [0.05, 0.1) is 5.60 Å². The lowest BCUT2D eigenvalue weighted by atomic mass is 9.44. The lowest BCUT2D eigenvalue weighted by Crippen LogP contribution is -2.56. The Bertz CT molecular complexity index is 574. The number of ether oxygens (including phenoxy) is 1. The van der Waals surface area contributed by atoms with E-state index in [2.05, 4.69) is 20.8 Å². The standard InChI is InChI=1S/C23H38O3/c1-5-23(25)13-10-20-18-7-6-16-14-17(26-15(2)24)8-11-21(16,3)19(18)9-12-22(20,23)4/h16-20,25H,5-14H2,1-4H3/t16-,17+,18-,19+,20+,21+,22+,23+/m1/s1. The number of aliphatic hydroxyl groups is 1. The van der Waals surface area contributed by atoms with Gasteiger partial charge in [-0.3, -0.25) is 4.79 Å². The lowest BCUT2D eigenvalue weighted by Gasteiger charge is -2.61. The third-order valence-electron chi connectivity index (χ3n) is 9.86. The van der Waals surface area contributed by atoms with Gasteiger partial charge in [0, 0.05) is 6.92 Å². The maximum absolute atomic E-state index is 11.4. The lowest BCUT2D eigenvalue weighted by molar-refractivity contribution is -0.169. The van der Waals surface area contributed by atoms with Crippen LogP contribution in [0.3, 0.4) is 0 Å². The number of esters is 1. The quantitative estimate of drug-likeness (QED) is 0.695. The first-order valence-corrected chi connectivity index (χ1v) is 11.1. The summed E-state index contributed by atoms with van der Waals surface area (Å²) in [6, 6.07) is 0. The normalized spacial score (nSPS) is 53.3. The fraction of sp³-hybridized carbons (Fsp3) is 0.957. The molecule has 4 aliphatic rings. The maximum Gasteiger partial charge on any atom is 0.302 e. The molecule has 0 aromatic carbocycles. The number of hydrogen-bond donors (Lipinski definition) is 1. The summed E-state index contributed by atoms with van der Waals surface area (Å²) in [5.41, 5.74) is 0.0995. The molecule has 0 aromatic heterocycles. The topological polar surface area (TPSA) is 46.5 Å². The third kappa shape index (κ3) is 2.52. The Balaban J connectivity index is 1.55. The van der Waals surface area contributed by atoms with Crippen molar-refractivity contribution in [2.24, 2.45) is 34.5 Å². The molecule has 0 amide bonds. The monoisotopic (exact) mass is 362 g/mol. The Morgan fingerprint density at radius 2 is 1.77 bits per heavy atom. The first-order valence-electron chi connectivity index (χ1n) is 11.1. The van der Waals surface area contributed by atoms with E-state index in [1.807, 2.05) is 0 Å². The van der Waals surface area contributed by atoms with E-state index >= 15 is 0 Å². The Morgan fingerprint density at radius 1 is 1.04 bits per heavy atom. The fourth-order valence-corrected chi connectivity index (χ4v) is 8.25. The molecule has 1 N–H and O–H groups in total. The van der Waals surface area contributed by atoms with Crippen molar-refractivity contribution in [1.29, 1.82) is 0 Å². The van der Waals surface area contributed by atoms with Gasteiger partial charge in [-0.25, -0.2) is 0 Å². The van der Waals surface area contributed by atoms with Crippen LogP contribution >= 0.6 is 0 Å². The highest BCUT2D eigenvalue weighted by atomic mass is 16.5. The van der Waals surface area contributed by atoms with Gasteiger partial charge >= 0.3 is 5.97 Å². The van der Waals surface area contributed by atoms with Gasteiger partial charge in [0.2, 0.25) is 0 Å². The predicted octanol–water partition coefficient (Wildman–Crippen LogP) is 5.10. The minimum absolute atomic E-state index is 0.120. The molecule has 4 saturated carbocycles. The van der Waals surface area contributed by atoms with Gasteiger partial charge < -0.3 is 9.84 Å². The number of carbonyl (C=O) groups is 1. The van der Waals surface area contributed by atoms with Gasteiger partial charge in [0.15, 0.2) is 0 Å². The fourth-order valence-electron chi connectivity index (χ4n) is 8.25. The van der Waals surface area contributed by atoms with E-state index in [0.717, 1.165) is 37.5 Å². The summed E-state index contributed by atoms with van der Waals surface area (Å²) >= 11 is 0. The summed E-state index contributed by atoms with van der Waals surface area (Å²) < 4.78 is 5.58. The van der Waals surface area contributed by atoms with Gasteiger partial charge in [-0.05, 0) is 98.7 Å². The van der Waals surface area contributed by atoms with Crippen molar-refractivity contribution < 1.29 is 14.6 Å². The van der Waals surface area contributed by atoms with Crippen LogP contribution in [0, 0.1) is 34.5 Å². The molecule has 0 aromatic rings. The Hall–Kier alpha value is -0.570. The Kier molecular flexibility index (Phi) is 4.49. The van der Waals surface area contributed by atoms with E-state index in [4.69, 9.17) is 4.74 Å². The van der Waals surface area contributed by atoms with Crippen LogP contribution in [0.5, 0.6) is 0 Å². The van der Waals surface area contributed by atoms with Crippen molar-refractivity contribution in [3.05, 3.63) is 0 Å². The van der Waals surface area contributed by atoms with E-state index < -0.39 is 5.60 Å². The van der Waals surface area contributed by atoms with Crippen molar-refractivity contribution in [3.63, 3.8) is 0 Å². The van der Waals surface area contributed by atoms with E-state index in [9.17, 15) is 9.90 Å². The molecule has 4 aliphatic carbocycles. The number of rotatable bonds is 2. The molecule has 8 atom stereocenters. The van der Waals surface area contributed by atoms with Gasteiger partial charge in [-0.15, -0.1) is 0 Å². The van der Waals surface area contributed by atoms with Crippen LogP contribution in [0.25, 0.3) is 0 Å². The van der Waals surface area contributed by atoms with Crippen molar-refractivity contribution in [2.45, 2.75) is 104 Å². The van der Waals surface area contributed by atoms with Crippen LogP contribution in [0.4, 0.5) is 0 Å². The van der Waals surface area contributed by atoms with Gasteiger partial charge in [0.1, 0.15) is 6.10 Å². The molecule has 3 heteroatoms. The first-order chi connectivity index (χ1) is 12.2. The van der Waals surface area contributed by atoms with Crippen LogP contribution in [-0.4, -0.2) is 22.8 Å². The molecule has 0 aliphatic heterocycles. The molecule has 3 nitrogen and oxygen atoms in total. The summed E-state index contributed by atoms with van der Waals surface area (Å²) in [7, 11) is 0. The van der Waals surface area contributed by atoms with E-state index in [1.54, 1.807) is 6.92 Å². The molecule has 26 heavy (non-hydrogen) atoms.